The van der Waals surface area contributed by atoms with Crippen LogP contribution in [0.3, 0.4) is 0 Å². The molecule has 0 bridgehead atoms. The van der Waals surface area contributed by atoms with Crippen molar-refractivity contribution in [1.82, 2.24) is 24.6 Å². The zero-order valence-electron chi connectivity index (χ0n) is 15.2. The fraction of sp³-hybridized carbons (Fsp3) is 0.611. The van der Waals surface area contributed by atoms with Crippen LogP contribution in [0.4, 0.5) is 5.82 Å². The van der Waals surface area contributed by atoms with E-state index in [1.165, 1.54) is 25.9 Å². The molecule has 3 heterocycles. The molecule has 24 heavy (non-hydrogen) atoms. The first-order valence-electron chi connectivity index (χ1n) is 8.86. The van der Waals surface area contributed by atoms with Crippen LogP contribution in [0.2, 0.25) is 0 Å². The molecule has 0 spiro atoms. The van der Waals surface area contributed by atoms with Crippen LogP contribution in [-0.2, 0) is 0 Å². The molecule has 0 aromatic carbocycles. The Morgan fingerprint density at radius 3 is 2.88 bits per heavy atom. The SMILES string of the molecule is Cc1cc(C)n(-c2cncc(NCC(C)N3CCCC(C)C3)n2)n1. The molecule has 0 saturated carbocycles. The number of likely N-dealkylation sites (tertiary alicyclic amines) is 1. The molecule has 130 valence electrons. The molecule has 1 saturated heterocycles. The van der Waals surface area contributed by atoms with Gasteiger partial charge >= 0.3 is 0 Å². The summed E-state index contributed by atoms with van der Waals surface area (Å²) in [6, 6.07) is 2.54. The quantitative estimate of drug-likeness (QED) is 0.914. The van der Waals surface area contributed by atoms with E-state index in [9.17, 15) is 0 Å². The average molecular weight is 328 g/mol. The van der Waals surface area contributed by atoms with E-state index in [1.54, 1.807) is 12.4 Å². The Morgan fingerprint density at radius 2 is 2.17 bits per heavy atom. The summed E-state index contributed by atoms with van der Waals surface area (Å²) < 4.78 is 1.84. The van der Waals surface area contributed by atoms with Crippen LogP contribution in [0.1, 0.15) is 38.1 Å². The van der Waals surface area contributed by atoms with Gasteiger partial charge in [0.25, 0.3) is 0 Å². The molecule has 3 rings (SSSR count). The summed E-state index contributed by atoms with van der Waals surface area (Å²) in [6.07, 6.45) is 6.19. The van der Waals surface area contributed by atoms with Gasteiger partial charge in [-0.2, -0.15) is 5.10 Å². The average Bonchev–Trinajstić information content (AvgIpc) is 2.91. The van der Waals surface area contributed by atoms with Crippen molar-refractivity contribution in [3.05, 3.63) is 29.8 Å². The monoisotopic (exact) mass is 328 g/mol. The maximum absolute atomic E-state index is 4.66. The minimum atomic E-state index is 0.492. The van der Waals surface area contributed by atoms with E-state index in [4.69, 9.17) is 0 Å². The van der Waals surface area contributed by atoms with Crippen molar-refractivity contribution in [2.75, 3.05) is 25.0 Å². The number of aromatic nitrogens is 4. The first kappa shape index (κ1) is 16.9. The molecule has 0 amide bonds. The highest BCUT2D eigenvalue weighted by molar-refractivity contribution is 5.36. The normalized spacial score (nSPS) is 20.1. The summed E-state index contributed by atoms with van der Waals surface area (Å²) >= 11 is 0. The number of rotatable bonds is 5. The lowest BCUT2D eigenvalue weighted by atomic mass is 9.99. The second kappa shape index (κ2) is 7.30. The smallest absolute Gasteiger partial charge is 0.174 e. The number of anilines is 1. The van der Waals surface area contributed by atoms with Gasteiger partial charge in [-0.25, -0.2) is 9.67 Å². The predicted octanol–water partition coefficient (Wildman–Crippen LogP) is 2.81. The molecule has 2 atom stereocenters. The Hall–Kier alpha value is -1.95. The highest BCUT2D eigenvalue weighted by atomic mass is 15.3. The summed E-state index contributed by atoms with van der Waals surface area (Å²) in [5, 5.41) is 7.91. The largest absolute Gasteiger partial charge is 0.367 e. The van der Waals surface area contributed by atoms with Gasteiger partial charge in [-0.05, 0) is 52.1 Å². The second-order valence-electron chi connectivity index (χ2n) is 7.07. The Morgan fingerprint density at radius 1 is 1.33 bits per heavy atom. The molecule has 2 aromatic rings. The van der Waals surface area contributed by atoms with Crippen LogP contribution >= 0.6 is 0 Å². The maximum Gasteiger partial charge on any atom is 0.174 e. The fourth-order valence-electron chi connectivity index (χ4n) is 3.41. The standard InChI is InChI=1S/C18H28N6/c1-13-6-5-7-23(12-13)16(4)9-20-17-10-19-11-18(21-17)24-15(3)8-14(2)22-24/h8,10-11,13,16H,5-7,9,12H2,1-4H3,(H,20,21). The van der Waals surface area contributed by atoms with Crippen molar-refractivity contribution in [2.45, 2.75) is 46.6 Å². The summed E-state index contributed by atoms with van der Waals surface area (Å²) in [5.74, 6) is 2.36. The number of piperidine rings is 1. The van der Waals surface area contributed by atoms with Gasteiger partial charge in [0.05, 0.1) is 18.1 Å². The molecular formula is C18H28N6. The zero-order chi connectivity index (χ0) is 17.1. The first-order valence-corrected chi connectivity index (χ1v) is 8.86. The first-order chi connectivity index (χ1) is 11.5. The van der Waals surface area contributed by atoms with Crippen molar-refractivity contribution < 1.29 is 0 Å². The van der Waals surface area contributed by atoms with Crippen LogP contribution < -0.4 is 5.32 Å². The number of hydrogen-bond acceptors (Lipinski definition) is 5. The molecule has 6 heteroatoms. The van der Waals surface area contributed by atoms with Crippen molar-refractivity contribution in [1.29, 1.82) is 0 Å². The number of nitrogens with one attached hydrogen (secondary N) is 1. The maximum atomic E-state index is 4.66. The number of nitrogens with zero attached hydrogens (tertiary/aromatic N) is 5. The lowest BCUT2D eigenvalue weighted by molar-refractivity contribution is 0.144. The Kier molecular flexibility index (Phi) is 5.14. The van der Waals surface area contributed by atoms with E-state index in [-0.39, 0.29) is 0 Å². The fourth-order valence-corrected chi connectivity index (χ4v) is 3.41. The zero-order valence-corrected chi connectivity index (χ0v) is 15.2. The molecule has 1 N–H and O–H groups in total. The van der Waals surface area contributed by atoms with Crippen LogP contribution in [0.5, 0.6) is 0 Å². The lowest BCUT2D eigenvalue weighted by Crippen LogP contribution is -2.43. The minimum Gasteiger partial charge on any atom is -0.367 e. The Bertz CT molecular complexity index is 680. The van der Waals surface area contributed by atoms with E-state index >= 15 is 0 Å². The molecule has 0 radical (unpaired) electrons. The molecule has 2 unspecified atom stereocenters. The summed E-state index contributed by atoms with van der Waals surface area (Å²) in [6.45, 7) is 11.9. The highest BCUT2D eigenvalue weighted by Crippen LogP contribution is 2.18. The van der Waals surface area contributed by atoms with Crippen LogP contribution in [0.25, 0.3) is 5.82 Å². The third-order valence-corrected chi connectivity index (χ3v) is 4.74. The van der Waals surface area contributed by atoms with E-state index in [2.05, 4.69) is 39.1 Å². The van der Waals surface area contributed by atoms with Gasteiger partial charge in [-0.3, -0.25) is 9.88 Å². The Balaban J connectivity index is 1.63. The van der Waals surface area contributed by atoms with Crippen molar-refractivity contribution in [2.24, 2.45) is 5.92 Å². The second-order valence-corrected chi connectivity index (χ2v) is 7.07. The van der Waals surface area contributed by atoms with Gasteiger partial charge in [-0.15, -0.1) is 0 Å². The summed E-state index contributed by atoms with van der Waals surface area (Å²) in [4.78, 5) is 11.5. The van der Waals surface area contributed by atoms with Gasteiger partial charge in [-0.1, -0.05) is 6.92 Å². The van der Waals surface area contributed by atoms with Crippen LogP contribution in [-0.4, -0.2) is 50.3 Å². The van der Waals surface area contributed by atoms with Crippen LogP contribution in [0.15, 0.2) is 18.5 Å². The van der Waals surface area contributed by atoms with Crippen LogP contribution in [0, 0.1) is 19.8 Å². The summed E-state index contributed by atoms with van der Waals surface area (Å²) in [7, 11) is 0. The van der Waals surface area contributed by atoms with Gasteiger partial charge < -0.3 is 5.32 Å². The van der Waals surface area contributed by atoms with Crippen molar-refractivity contribution >= 4 is 5.82 Å². The van der Waals surface area contributed by atoms with E-state index in [0.717, 1.165) is 35.5 Å². The molecule has 6 nitrogen and oxygen atoms in total. The number of aryl methyl sites for hydroxylation is 2. The van der Waals surface area contributed by atoms with Gasteiger partial charge in [0.15, 0.2) is 5.82 Å². The van der Waals surface area contributed by atoms with Crippen molar-refractivity contribution in [3.8, 4) is 5.82 Å². The van der Waals surface area contributed by atoms with Crippen molar-refractivity contribution in [3.63, 3.8) is 0 Å². The number of hydrogen-bond donors (Lipinski definition) is 1. The molecule has 2 aromatic heterocycles. The third-order valence-electron chi connectivity index (χ3n) is 4.74. The molecule has 1 fully saturated rings. The van der Waals surface area contributed by atoms with Gasteiger partial charge in [0.1, 0.15) is 5.82 Å². The topological polar surface area (TPSA) is 58.9 Å². The molecule has 1 aliphatic heterocycles. The molecule has 1 aliphatic rings. The Labute approximate surface area is 144 Å². The molecular weight excluding hydrogens is 300 g/mol. The van der Waals surface area contributed by atoms with Gasteiger partial charge in [0, 0.05) is 24.8 Å². The predicted molar refractivity (Wildman–Crippen MR) is 96.6 cm³/mol. The summed E-state index contributed by atoms with van der Waals surface area (Å²) in [5.41, 5.74) is 2.05. The molecule has 0 aliphatic carbocycles. The lowest BCUT2D eigenvalue weighted by Gasteiger charge is -2.35. The third kappa shape index (κ3) is 3.93. The van der Waals surface area contributed by atoms with E-state index in [1.807, 2.05) is 24.6 Å². The van der Waals surface area contributed by atoms with Gasteiger partial charge in [0.2, 0.25) is 0 Å². The highest BCUT2D eigenvalue weighted by Gasteiger charge is 2.20. The van der Waals surface area contributed by atoms with E-state index < -0.39 is 0 Å². The van der Waals surface area contributed by atoms with E-state index in [0.29, 0.717) is 6.04 Å². The minimum absolute atomic E-state index is 0.492.